The van der Waals surface area contributed by atoms with Gasteiger partial charge in [0.15, 0.2) is 5.69 Å². The minimum Gasteiger partial charge on any atom is -0.447 e. The van der Waals surface area contributed by atoms with Crippen LogP contribution in [0.5, 0.6) is 5.88 Å². The molecule has 4 rings (SSSR count). The molecule has 178 valence electrons. The van der Waals surface area contributed by atoms with Crippen LogP contribution in [0.15, 0.2) is 53.7 Å². The second kappa shape index (κ2) is 10.9. The molecular formula is C26H31N5O2S. The number of benzene rings is 2. The molecule has 1 amide bonds. The molecule has 0 N–H and O–H groups in total. The van der Waals surface area contributed by atoms with Gasteiger partial charge in [-0.3, -0.25) is 9.69 Å². The lowest BCUT2D eigenvalue weighted by Gasteiger charge is -2.30. The third kappa shape index (κ3) is 5.17. The number of rotatable bonds is 8. The standard InChI is InChI=1S/C26H31N5O2S/c1-5-6-7-10-17-34-26-27-24-23(28-29-26)21-11-8-9-12-22(21)31(18(2)32)25(33-24)19-13-15-20(16-14-19)30(3)4/h8-9,11-16,25H,5-7,10,17H2,1-4H3/t25-/m1/s1. The number of amides is 1. The van der Waals surface area contributed by atoms with Crippen LogP contribution in [0.25, 0.3) is 11.3 Å². The lowest BCUT2D eigenvalue weighted by atomic mass is 10.1. The van der Waals surface area contributed by atoms with Gasteiger partial charge >= 0.3 is 0 Å². The monoisotopic (exact) mass is 477 g/mol. The van der Waals surface area contributed by atoms with Gasteiger partial charge in [0.1, 0.15) is 0 Å². The van der Waals surface area contributed by atoms with Crippen LogP contribution in [0.4, 0.5) is 11.4 Å². The zero-order valence-electron chi connectivity index (χ0n) is 20.2. The van der Waals surface area contributed by atoms with E-state index in [1.165, 1.54) is 19.3 Å². The summed E-state index contributed by atoms with van der Waals surface area (Å²) < 4.78 is 6.45. The number of hydrogen-bond donors (Lipinski definition) is 0. The van der Waals surface area contributed by atoms with Crippen LogP contribution in [0.3, 0.4) is 0 Å². The molecule has 0 fully saturated rings. The van der Waals surface area contributed by atoms with E-state index < -0.39 is 6.23 Å². The van der Waals surface area contributed by atoms with Crippen LogP contribution < -0.4 is 14.5 Å². The van der Waals surface area contributed by atoms with E-state index in [1.807, 2.05) is 67.5 Å². The number of fused-ring (bicyclic) bond motifs is 3. The van der Waals surface area contributed by atoms with Crippen LogP contribution in [-0.2, 0) is 4.79 Å². The first-order valence-corrected chi connectivity index (χ1v) is 12.7. The zero-order chi connectivity index (χ0) is 24.1. The molecule has 34 heavy (non-hydrogen) atoms. The van der Waals surface area contributed by atoms with Gasteiger partial charge in [0.05, 0.1) is 5.69 Å². The summed E-state index contributed by atoms with van der Waals surface area (Å²) in [5.74, 6) is 1.20. The number of thioether (sulfide) groups is 1. The Kier molecular flexibility index (Phi) is 7.67. The molecule has 1 aliphatic rings. The van der Waals surface area contributed by atoms with Crippen LogP contribution >= 0.6 is 11.8 Å². The highest BCUT2D eigenvalue weighted by Gasteiger charge is 2.34. The first-order valence-electron chi connectivity index (χ1n) is 11.7. The summed E-state index contributed by atoms with van der Waals surface area (Å²) in [6, 6.07) is 15.7. The maximum absolute atomic E-state index is 12.9. The Morgan fingerprint density at radius 1 is 1.06 bits per heavy atom. The van der Waals surface area contributed by atoms with E-state index in [4.69, 9.17) is 9.72 Å². The van der Waals surface area contributed by atoms with Crippen molar-refractivity contribution < 1.29 is 9.53 Å². The van der Waals surface area contributed by atoms with Crippen LogP contribution in [0, 0.1) is 0 Å². The number of carbonyl (C=O) groups is 1. The van der Waals surface area contributed by atoms with Gasteiger partial charge in [0.2, 0.25) is 23.2 Å². The van der Waals surface area contributed by atoms with Gasteiger partial charge in [0.25, 0.3) is 0 Å². The number of hydrogen-bond acceptors (Lipinski definition) is 7. The summed E-state index contributed by atoms with van der Waals surface area (Å²) >= 11 is 1.59. The molecule has 0 aliphatic carbocycles. The molecule has 0 saturated heterocycles. The van der Waals surface area contributed by atoms with E-state index in [1.54, 1.807) is 23.6 Å². The third-order valence-corrected chi connectivity index (χ3v) is 6.70. The van der Waals surface area contributed by atoms with Crippen molar-refractivity contribution in [3.05, 3.63) is 54.1 Å². The van der Waals surface area contributed by atoms with Gasteiger partial charge in [-0.2, -0.15) is 4.98 Å². The molecule has 7 nitrogen and oxygen atoms in total. The molecule has 0 spiro atoms. The number of aromatic nitrogens is 3. The van der Waals surface area contributed by atoms with Gasteiger partial charge in [-0.1, -0.05) is 68.3 Å². The Balaban J connectivity index is 1.73. The van der Waals surface area contributed by atoms with Gasteiger partial charge in [0, 0.05) is 43.6 Å². The molecule has 8 heteroatoms. The number of anilines is 2. The Morgan fingerprint density at radius 3 is 2.53 bits per heavy atom. The fraction of sp³-hybridized carbons (Fsp3) is 0.385. The normalized spacial score (nSPS) is 14.6. The van der Waals surface area contributed by atoms with Crippen molar-refractivity contribution in [3.8, 4) is 17.1 Å². The topological polar surface area (TPSA) is 71.5 Å². The van der Waals surface area contributed by atoms with E-state index in [9.17, 15) is 4.79 Å². The smallest absolute Gasteiger partial charge is 0.247 e. The molecule has 1 atom stereocenters. The Morgan fingerprint density at radius 2 is 1.82 bits per heavy atom. The first-order chi connectivity index (χ1) is 16.5. The number of para-hydroxylation sites is 1. The SMILES string of the molecule is CCCCCCSc1nnc2c(n1)O[C@H](c1ccc(N(C)C)cc1)N(C(C)=O)c1ccccc1-2. The van der Waals surface area contributed by atoms with Crippen molar-refractivity contribution in [2.24, 2.45) is 0 Å². The largest absolute Gasteiger partial charge is 0.447 e. The summed E-state index contributed by atoms with van der Waals surface area (Å²) in [6.45, 7) is 3.75. The molecule has 2 heterocycles. The summed E-state index contributed by atoms with van der Waals surface area (Å²) in [4.78, 5) is 21.3. The average Bonchev–Trinajstić information content (AvgIpc) is 2.98. The van der Waals surface area contributed by atoms with Crippen molar-refractivity contribution in [1.82, 2.24) is 15.2 Å². The maximum atomic E-state index is 12.9. The van der Waals surface area contributed by atoms with Crippen LogP contribution in [-0.4, -0.2) is 40.9 Å². The Bertz CT molecular complexity index is 1140. The zero-order valence-corrected chi connectivity index (χ0v) is 21.0. The second-order valence-corrected chi connectivity index (χ2v) is 9.58. The quantitative estimate of drug-likeness (QED) is 0.303. The first kappa shape index (κ1) is 24.0. The molecule has 0 unspecified atom stereocenters. The van der Waals surface area contributed by atoms with Crippen molar-refractivity contribution in [2.75, 3.05) is 29.6 Å². The summed E-state index contributed by atoms with van der Waals surface area (Å²) in [5.41, 5.74) is 3.98. The van der Waals surface area contributed by atoms with Gasteiger partial charge < -0.3 is 9.64 Å². The maximum Gasteiger partial charge on any atom is 0.247 e. The number of nitrogens with zero attached hydrogens (tertiary/aromatic N) is 5. The summed E-state index contributed by atoms with van der Waals surface area (Å²) in [7, 11) is 3.99. The highest BCUT2D eigenvalue weighted by atomic mass is 32.2. The lowest BCUT2D eigenvalue weighted by molar-refractivity contribution is -0.118. The third-order valence-electron chi connectivity index (χ3n) is 5.77. The van der Waals surface area contributed by atoms with E-state index in [2.05, 4.69) is 17.1 Å². The molecule has 0 bridgehead atoms. The molecule has 1 aromatic heterocycles. The fourth-order valence-electron chi connectivity index (χ4n) is 3.96. The molecule has 2 aromatic carbocycles. The fourth-order valence-corrected chi connectivity index (χ4v) is 4.74. The number of carbonyl (C=O) groups excluding carboxylic acids is 1. The van der Waals surface area contributed by atoms with Crippen molar-refractivity contribution in [3.63, 3.8) is 0 Å². The number of unbranched alkanes of at least 4 members (excludes halogenated alkanes) is 3. The highest BCUT2D eigenvalue weighted by Crippen LogP contribution is 2.43. The molecule has 3 aromatic rings. The predicted molar refractivity (Wildman–Crippen MR) is 137 cm³/mol. The van der Waals surface area contributed by atoms with Gasteiger partial charge in [-0.15, -0.1) is 10.2 Å². The van der Waals surface area contributed by atoms with Crippen molar-refractivity contribution >= 4 is 29.0 Å². The predicted octanol–water partition coefficient (Wildman–Crippen LogP) is 5.72. The van der Waals surface area contributed by atoms with Crippen LogP contribution in [0.2, 0.25) is 0 Å². The summed E-state index contributed by atoms with van der Waals surface area (Å²) in [5, 5.41) is 9.44. The Hall–Kier alpha value is -3.13. The van der Waals surface area contributed by atoms with Gasteiger partial charge in [-0.25, -0.2) is 0 Å². The van der Waals surface area contributed by atoms with E-state index >= 15 is 0 Å². The molecule has 0 saturated carbocycles. The van der Waals surface area contributed by atoms with Crippen LogP contribution in [0.1, 0.15) is 51.3 Å². The lowest BCUT2D eigenvalue weighted by Crippen LogP contribution is -2.36. The second-order valence-electron chi connectivity index (χ2n) is 8.52. The highest BCUT2D eigenvalue weighted by molar-refractivity contribution is 7.99. The van der Waals surface area contributed by atoms with Crippen molar-refractivity contribution in [1.29, 1.82) is 0 Å². The molecule has 0 radical (unpaired) electrons. The molecular weight excluding hydrogens is 446 g/mol. The molecule has 1 aliphatic heterocycles. The summed E-state index contributed by atoms with van der Waals surface area (Å²) in [6.07, 6.45) is 4.08. The van der Waals surface area contributed by atoms with Crippen molar-refractivity contribution in [2.45, 2.75) is 50.9 Å². The van der Waals surface area contributed by atoms with E-state index in [0.29, 0.717) is 16.7 Å². The average molecular weight is 478 g/mol. The van der Waals surface area contributed by atoms with E-state index in [0.717, 1.165) is 34.7 Å². The van der Waals surface area contributed by atoms with Gasteiger partial charge in [-0.05, 0) is 24.6 Å². The van der Waals surface area contributed by atoms with E-state index in [-0.39, 0.29) is 5.91 Å². The minimum absolute atomic E-state index is 0.125. The Labute approximate surface area is 205 Å². The minimum atomic E-state index is -0.671. The number of ether oxygens (including phenoxy) is 1.